The van der Waals surface area contributed by atoms with Gasteiger partial charge in [-0.3, -0.25) is 4.99 Å². The standard InChI is InChI=1S/C18H22BrN3O2S.HI/c1-12(25-15-7-4-13(19)5-8-15)11-21-18(20)22-14-6-9-16(23-2)17(10-14)24-3;/h4-10,12H,11H2,1-3H3,(H3,20,21,22);1H. The summed E-state index contributed by atoms with van der Waals surface area (Å²) in [6.45, 7) is 2.74. The number of nitrogens with one attached hydrogen (secondary N) is 1. The normalized spacial score (nSPS) is 12.1. The van der Waals surface area contributed by atoms with Crippen molar-refractivity contribution in [2.75, 3.05) is 26.1 Å². The molecule has 142 valence electrons. The lowest BCUT2D eigenvalue weighted by Crippen LogP contribution is -2.23. The van der Waals surface area contributed by atoms with E-state index in [1.807, 2.05) is 30.3 Å². The highest BCUT2D eigenvalue weighted by Crippen LogP contribution is 2.29. The predicted octanol–water partition coefficient (Wildman–Crippen LogP) is 4.99. The number of nitrogens with two attached hydrogens (primary N) is 1. The smallest absolute Gasteiger partial charge is 0.193 e. The van der Waals surface area contributed by atoms with Crippen LogP contribution in [-0.2, 0) is 0 Å². The van der Waals surface area contributed by atoms with Gasteiger partial charge in [0.2, 0.25) is 0 Å². The van der Waals surface area contributed by atoms with Gasteiger partial charge in [0.1, 0.15) is 0 Å². The van der Waals surface area contributed by atoms with Crippen LogP contribution in [0.5, 0.6) is 11.5 Å². The number of aliphatic imine (C=N–C) groups is 1. The minimum atomic E-state index is 0. The SMILES string of the molecule is COc1ccc(NC(N)=NCC(C)Sc2ccc(Br)cc2)cc1OC.I. The lowest BCUT2D eigenvalue weighted by atomic mass is 10.3. The second-order valence-electron chi connectivity index (χ2n) is 5.30. The highest BCUT2D eigenvalue weighted by molar-refractivity contribution is 14.0. The van der Waals surface area contributed by atoms with Crippen LogP contribution < -0.4 is 20.5 Å². The van der Waals surface area contributed by atoms with Gasteiger partial charge >= 0.3 is 0 Å². The Morgan fingerprint density at radius 3 is 2.42 bits per heavy atom. The quantitative estimate of drug-likeness (QED) is 0.219. The first-order chi connectivity index (χ1) is 12.0. The first-order valence-corrected chi connectivity index (χ1v) is 9.40. The van der Waals surface area contributed by atoms with Gasteiger partial charge in [-0.15, -0.1) is 35.7 Å². The molecule has 1 unspecified atom stereocenters. The third-order valence-corrected chi connectivity index (χ3v) is 4.95. The molecule has 2 aromatic carbocycles. The summed E-state index contributed by atoms with van der Waals surface area (Å²) < 4.78 is 11.6. The van der Waals surface area contributed by atoms with Gasteiger partial charge in [-0.25, -0.2) is 0 Å². The van der Waals surface area contributed by atoms with Gasteiger partial charge < -0.3 is 20.5 Å². The molecule has 0 aliphatic rings. The molecule has 0 spiro atoms. The minimum Gasteiger partial charge on any atom is -0.493 e. The van der Waals surface area contributed by atoms with E-state index in [0.717, 1.165) is 10.2 Å². The zero-order valence-electron chi connectivity index (χ0n) is 14.9. The highest BCUT2D eigenvalue weighted by Gasteiger charge is 2.07. The van der Waals surface area contributed by atoms with Gasteiger partial charge in [-0.2, -0.15) is 0 Å². The lowest BCUT2D eigenvalue weighted by Gasteiger charge is -2.12. The molecule has 0 saturated heterocycles. The molecule has 0 aromatic heterocycles. The van der Waals surface area contributed by atoms with E-state index in [1.165, 1.54) is 4.90 Å². The number of rotatable bonds is 7. The lowest BCUT2D eigenvalue weighted by molar-refractivity contribution is 0.355. The van der Waals surface area contributed by atoms with Crippen LogP contribution in [0, 0.1) is 0 Å². The van der Waals surface area contributed by atoms with Crippen LogP contribution in [0.2, 0.25) is 0 Å². The van der Waals surface area contributed by atoms with Crippen molar-refractivity contribution in [3.05, 3.63) is 46.9 Å². The van der Waals surface area contributed by atoms with Gasteiger partial charge in [-0.1, -0.05) is 22.9 Å². The van der Waals surface area contributed by atoms with E-state index in [0.29, 0.717) is 29.3 Å². The summed E-state index contributed by atoms with van der Waals surface area (Å²) >= 11 is 5.20. The Balaban J connectivity index is 0.00000338. The van der Waals surface area contributed by atoms with Crippen molar-refractivity contribution in [2.45, 2.75) is 17.1 Å². The van der Waals surface area contributed by atoms with E-state index in [-0.39, 0.29) is 24.0 Å². The van der Waals surface area contributed by atoms with Crippen LogP contribution in [0.25, 0.3) is 0 Å². The van der Waals surface area contributed by atoms with Crippen molar-refractivity contribution in [2.24, 2.45) is 10.7 Å². The monoisotopic (exact) mass is 551 g/mol. The Morgan fingerprint density at radius 1 is 1.15 bits per heavy atom. The van der Waals surface area contributed by atoms with E-state index in [4.69, 9.17) is 15.2 Å². The molecule has 1 atom stereocenters. The Bertz CT molecular complexity index is 729. The molecule has 3 N–H and O–H groups in total. The molecule has 0 fully saturated rings. The van der Waals surface area contributed by atoms with E-state index in [2.05, 4.69) is 45.3 Å². The van der Waals surface area contributed by atoms with Gasteiger partial charge in [0.05, 0.1) is 20.8 Å². The fourth-order valence-corrected chi connectivity index (χ4v) is 3.28. The summed E-state index contributed by atoms with van der Waals surface area (Å²) in [6.07, 6.45) is 0. The van der Waals surface area contributed by atoms with Gasteiger partial charge in [0, 0.05) is 26.4 Å². The summed E-state index contributed by atoms with van der Waals surface area (Å²) in [6, 6.07) is 13.7. The molecule has 0 bridgehead atoms. The predicted molar refractivity (Wildman–Crippen MR) is 125 cm³/mol. The van der Waals surface area contributed by atoms with Crippen molar-refractivity contribution in [3.8, 4) is 11.5 Å². The zero-order valence-corrected chi connectivity index (χ0v) is 19.6. The summed E-state index contributed by atoms with van der Waals surface area (Å²) in [5.74, 6) is 1.68. The summed E-state index contributed by atoms with van der Waals surface area (Å²) in [7, 11) is 3.20. The van der Waals surface area contributed by atoms with E-state index in [9.17, 15) is 0 Å². The van der Waals surface area contributed by atoms with Crippen LogP contribution in [0.4, 0.5) is 5.69 Å². The summed E-state index contributed by atoms with van der Waals surface area (Å²) in [5.41, 5.74) is 6.78. The van der Waals surface area contributed by atoms with Crippen molar-refractivity contribution >= 4 is 63.3 Å². The third kappa shape index (κ3) is 7.24. The number of thioether (sulfide) groups is 1. The number of guanidine groups is 1. The Kier molecular flexibility index (Phi) is 10.2. The van der Waals surface area contributed by atoms with Crippen molar-refractivity contribution in [3.63, 3.8) is 0 Å². The van der Waals surface area contributed by atoms with Crippen molar-refractivity contribution in [1.29, 1.82) is 0 Å². The maximum Gasteiger partial charge on any atom is 0.193 e. The van der Waals surface area contributed by atoms with Gasteiger partial charge in [-0.05, 0) is 36.4 Å². The largest absolute Gasteiger partial charge is 0.493 e. The maximum atomic E-state index is 5.98. The topological polar surface area (TPSA) is 68.9 Å². The number of anilines is 1. The Hall–Kier alpha value is -1.13. The van der Waals surface area contributed by atoms with E-state index in [1.54, 1.807) is 26.0 Å². The average Bonchev–Trinajstić information content (AvgIpc) is 2.62. The first-order valence-electron chi connectivity index (χ1n) is 7.73. The van der Waals surface area contributed by atoms with Crippen LogP contribution in [0.15, 0.2) is 56.8 Å². The molecule has 0 aliphatic heterocycles. The van der Waals surface area contributed by atoms with Gasteiger partial charge in [0.25, 0.3) is 0 Å². The number of ether oxygens (including phenoxy) is 2. The third-order valence-electron chi connectivity index (χ3n) is 3.33. The number of hydrogen-bond acceptors (Lipinski definition) is 4. The summed E-state index contributed by atoms with van der Waals surface area (Å²) in [4.78, 5) is 5.62. The molecule has 26 heavy (non-hydrogen) atoms. The molecule has 0 heterocycles. The number of benzene rings is 2. The Morgan fingerprint density at radius 2 is 1.81 bits per heavy atom. The fourth-order valence-electron chi connectivity index (χ4n) is 2.11. The molecule has 0 radical (unpaired) electrons. The van der Waals surface area contributed by atoms with Crippen LogP contribution >= 0.6 is 51.7 Å². The molecule has 0 saturated carbocycles. The number of methoxy groups -OCH3 is 2. The second-order valence-corrected chi connectivity index (χ2v) is 7.73. The second kappa shape index (κ2) is 11.6. The maximum absolute atomic E-state index is 5.98. The zero-order chi connectivity index (χ0) is 18.2. The molecule has 2 rings (SSSR count). The number of nitrogens with zero attached hydrogens (tertiary/aromatic N) is 1. The highest BCUT2D eigenvalue weighted by atomic mass is 127. The van der Waals surface area contributed by atoms with E-state index < -0.39 is 0 Å². The number of halogens is 2. The molecule has 8 heteroatoms. The number of hydrogen-bond donors (Lipinski definition) is 2. The average molecular weight is 552 g/mol. The molecular weight excluding hydrogens is 529 g/mol. The molecular formula is C18H23BrIN3O2S. The first kappa shape index (κ1) is 22.9. The fraction of sp³-hybridized carbons (Fsp3) is 0.278. The van der Waals surface area contributed by atoms with Crippen LogP contribution in [0.3, 0.4) is 0 Å². The molecule has 0 aliphatic carbocycles. The van der Waals surface area contributed by atoms with Gasteiger partial charge in [0.15, 0.2) is 17.5 Å². The minimum absolute atomic E-state index is 0. The van der Waals surface area contributed by atoms with E-state index >= 15 is 0 Å². The molecule has 2 aromatic rings. The summed E-state index contributed by atoms with van der Waals surface area (Å²) in [5, 5.41) is 3.38. The molecule has 0 amide bonds. The molecule has 5 nitrogen and oxygen atoms in total. The van der Waals surface area contributed by atoms with Crippen molar-refractivity contribution < 1.29 is 9.47 Å². The Labute approximate surface area is 184 Å². The van der Waals surface area contributed by atoms with Crippen molar-refractivity contribution in [1.82, 2.24) is 0 Å². The van der Waals surface area contributed by atoms with Crippen LogP contribution in [0.1, 0.15) is 6.92 Å². The van der Waals surface area contributed by atoms with Crippen LogP contribution in [-0.4, -0.2) is 32.0 Å².